The number of rotatable bonds is 4. The van der Waals surface area contributed by atoms with Gasteiger partial charge < -0.3 is 14.8 Å². The van der Waals surface area contributed by atoms with E-state index in [-0.39, 0.29) is 18.0 Å². The first-order valence-electron chi connectivity index (χ1n) is 12.1. The number of amides is 1. The molecule has 0 bridgehead atoms. The van der Waals surface area contributed by atoms with E-state index in [1.807, 2.05) is 24.0 Å². The van der Waals surface area contributed by atoms with E-state index in [9.17, 15) is 4.79 Å². The maximum Gasteiger partial charge on any atom is 0.239 e. The molecule has 2 aromatic carbocycles. The van der Waals surface area contributed by atoms with E-state index in [4.69, 9.17) is 28.2 Å². The van der Waals surface area contributed by atoms with E-state index >= 15 is 0 Å². The Balaban J connectivity index is 1.41. The molecule has 1 fully saturated rings. The first kappa shape index (κ1) is 23.4. The molecule has 0 aliphatic carbocycles. The highest BCUT2D eigenvalue weighted by Crippen LogP contribution is 2.33. The van der Waals surface area contributed by atoms with Crippen LogP contribution in [0.5, 0.6) is 0 Å². The Morgan fingerprint density at radius 2 is 2.03 bits per heavy atom. The smallest absolute Gasteiger partial charge is 0.239 e. The number of benzene rings is 2. The second-order valence-electron chi connectivity index (χ2n) is 9.34. The van der Waals surface area contributed by atoms with Crippen molar-refractivity contribution in [2.24, 2.45) is 0 Å². The molecular formula is C27H30Cl2N4O. The van der Waals surface area contributed by atoms with Gasteiger partial charge in [-0.15, -0.1) is 0 Å². The minimum absolute atomic E-state index is 0.0152. The van der Waals surface area contributed by atoms with Gasteiger partial charge in [-0.05, 0) is 80.6 Å². The van der Waals surface area contributed by atoms with Gasteiger partial charge in [-0.2, -0.15) is 0 Å². The average molecular weight is 497 g/mol. The van der Waals surface area contributed by atoms with Gasteiger partial charge >= 0.3 is 0 Å². The zero-order valence-electron chi connectivity index (χ0n) is 19.7. The summed E-state index contributed by atoms with van der Waals surface area (Å²) >= 11 is 12.6. The zero-order chi connectivity index (χ0) is 23.8. The van der Waals surface area contributed by atoms with Gasteiger partial charge in [0.15, 0.2) is 0 Å². The largest absolute Gasteiger partial charge is 0.337 e. The number of nitrogens with zero attached hydrogens (tertiary/aromatic N) is 3. The zero-order valence-corrected chi connectivity index (χ0v) is 21.2. The molecule has 0 saturated carbocycles. The summed E-state index contributed by atoms with van der Waals surface area (Å²) < 4.78 is 2.24. The molecule has 1 aromatic heterocycles. The van der Waals surface area contributed by atoms with Crippen LogP contribution in [0.25, 0.3) is 16.6 Å². The molecule has 3 heterocycles. The molecule has 1 N–H and O–H groups in total. The number of piperidine rings is 1. The third-order valence-electron chi connectivity index (χ3n) is 7.17. The lowest BCUT2D eigenvalue weighted by Crippen LogP contribution is -2.49. The van der Waals surface area contributed by atoms with E-state index in [2.05, 4.69) is 41.1 Å². The van der Waals surface area contributed by atoms with Gasteiger partial charge in [0.1, 0.15) is 5.82 Å². The van der Waals surface area contributed by atoms with E-state index < -0.39 is 0 Å². The Morgan fingerprint density at radius 3 is 2.74 bits per heavy atom. The number of aryl methyl sites for hydroxylation is 1. The van der Waals surface area contributed by atoms with E-state index in [0.29, 0.717) is 16.6 Å². The van der Waals surface area contributed by atoms with Crippen LogP contribution in [0.15, 0.2) is 42.5 Å². The van der Waals surface area contributed by atoms with Crippen LogP contribution in [0.4, 0.5) is 0 Å². The second-order valence-corrected chi connectivity index (χ2v) is 10.2. The normalized spacial score (nSPS) is 19.8. The summed E-state index contributed by atoms with van der Waals surface area (Å²) in [5, 5.41) is 4.67. The molecule has 2 aliphatic heterocycles. The molecule has 2 atom stereocenters. The Kier molecular flexibility index (Phi) is 6.70. The van der Waals surface area contributed by atoms with Crippen molar-refractivity contribution in [2.75, 3.05) is 19.6 Å². The van der Waals surface area contributed by atoms with E-state index in [1.54, 1.807) is 6.07 Å². The minimum Gasteiger partial charge on any atom is -0.337 e. The standard InChI is InChI=1S/C27H30Cl2N4O/c1-17(22-8-7-21(28)16-23(22)29)33-18(2)31-24-9-6-20(15-26(24)33)19-10-13-32(14-11-19)27(34)25-5-3-4-12-30-25/h6-10,15-17,25,30H,3-5,11-14H2,1-2H3/t17-,25?/m1/s1. The topological polar surface area (TPSA) is 50.2 Å². The minimum atomic E-state index is -0.0152. The average Bonchev–Trinajstić information content (AvgIpc) is 3.18. The number of nitrogens with one attached hydrogen (secondary N) is 1. The van der Waals surface area contributed by atoms with Crippen LogP contribution in [0.3, 0.4) is 0 Å². The van der Waals surface area contributed by atoms with Gasteiger partial charge in [-0.3, -0.25) is 4.79 Å². The summed E-state index contributed by atoms with van der Waals surface area (Å²) in [7, 11) is 0. The fraction of sp³-hybridized carbons (Fsp3) is 0.407. The summed E-state index contributed by atoms with van der Waals surface area (Å²) in [4.78, 5) is 19.7. The van der Waals surface area contributed by atoms with E-state index in [0.717, 1.165) is 61.2 Å². The highest BCUT2D eigenvalue weighted by atomic mass is 35.5. The number of imidazole rings is 1. The van der Waals surface area contributed by atoms with Crippen LogP contribution >= 0.6 is 23.2 Å². The van der Waals surface area contributed by atoms with Crippen molar-refractivity contribution >= 4 is 45.7 Å². The fourth-order valence-corrected chi connectivity index (χ4v) is 5.86. The Labute approximate surface area is 210 Å². The van der Waals surface area contributed by atoms with Crippen molar-refractivity contribution in [2.45, 2.75) is 51.6 Å². The Morgan fingerprint density at radius 1 is 1.18 bits per heavy atom. The van der Waals surface area contributed by atoms with Crippen LogP contribution in [0.2, 0.25) is 10.0 Å². The monoisotopic (exact) mass is 496 g/mol. The van der Waals surface area contributed by atoms with Crippen molar-refractivity contribution in [1.82, 2.24) is 19.8 Å². The molecule has 7 heteroatoms. The van der Waals surface area contributed by atoms with Crippen LogP contribution in [-0.4, -0.2) is 46.0 Å². The molecule has 5 rings (SSSR count). The van der Waals surface area contributed by atoms with Crippen LogP contribution in [-0.2, 0) is 4.79 Å². The van der Waals surface area contributed by atoms with Crippen molar-refractivity contribution in [3.8, 4) is 0 Å². The first-order chi connectivity index (χ1) is 16.4. The van der Waals surface area contributed by atoms with Crippen molar-refractivity contribution in [1.29, 1.82) is 0 Å². The lowest BCUT2D eigenvalue weighted by molar-refractivity contribution is -0.133. The summed E-state index contributed by atoms with van der Waals surface area (Å²) in [6, 6.07) is 12.1. The van der Waals surface area contributed by atoms with Crippen LogP contribution < -0.4 is 5.32 Å². The lowest BCUT2D eigenvalue weighted by Gasteiger charge is -2.32. The predicted octanol–water partition coefficient (Wildman–Crippen LogP) is 6.02. The number of hydrogen-bond acceptors (Lipinski definition) is 3. The predicted molar refractivity (Wildman–Crippen MR) is 140 cm³/mol. The second kappa shape index (κ2) is 9.73. The highest BCUT2D eigenvalue weighted by Gasteiger charge is 2.27. The van der Waals surface area contributed by atoms with Crippen LogP contribution in [0.1, 0.15) is 55.6 Å². The molecule has 1 unspecified atom stereocenters. The number of hydrogen-bond donors (Lipinski definition) is 1. The number of aromatic nitrogens is 2. The molecule has 3 aromatic rings. The summed E-state index contributed by atoms with van der Waals surface area (Å²) in [5.74, 6) is 1.19. The highest BCUT2D eigenvalue weighted by molar-refractivity contribution is 6.35. The van der Waals surface area contributed by atoms with Crippen LogP contribution in [0, 0.1) is 6.92 Å². The quantitative estimate of drug-likeness (QED) is 0.480. The van der Waals surface area contributed by atoms with Crippen molar-refractivity contribution < 1.29 is 4.79 Å². The van der Waals surface area contributed by atoms with Crippen molar-refractivity contribution in [3.63, 3.8) is 0 Å². The summed E-state index contributed by atoms with van der Waals surface area (Å²) in [6.07, 6.45) is 6.30. The molecular weight excluding hydrogens is 467 g/mol. The summed E-state index contributed by atoms with van der Waals surface area (Å²) in [6.45, 7) is 6.54. The molecule has 1 saturated heterocycles. The molecule has 178 valence electrons. The van der Waals surface area contributed by atoms with Gasteiger partial charge in [-0.25, -0.2) is 4.98 Å². The number of carbonyl (C=O) groups excluding carboxylic acids is 1. The fourth-order valence-electron chi connectivity index (χ4n) is 5.30. The summed E-state index contributed by atoms with van der Waals surface area (Å²) in [5.41, 5.74) is 5.53. The van der Waals surface area contributed by atoms with Gasteiger partial charge in [0.2, 0.25) is 5.91 Å². The van der Waals surface area contributed by atoms with Gasteiger partial charge in [0.25, 0.3) is 0 Å². The van der Waals surface area contributed by atoms with E-state index in [1.165, 1.54) is 11.1 Å². The molecule has 5 nitrogen and oxygen atoms in total. The molecule has 1 amide bonds. The lowest BCUT2D eigenvalue weighted by atomic mass is 9.97. The van der Waals surface area contributed by atoms with Gasteiger partial charge in [-0.1, -0.05) is 47.8 Å². The first-order valence-corrected chi connectivity index (χ1v) is 12.8. The Hall–Kier alpha value is -2.34. The number of carbonyl (C=O) groups is 1. The van der Waals surface area contributed by atoms with Gasteiger partial charge in [0, 0.05) is 23.1 Å². The number of halogens is 2. The third-order valence-corrected chi connectivity index (χ3v) is 7.73. The molecule has 2 aliphatic rings. The van der Waals surface area contributed by atoms with Gasteiger partial charge in [0.05, 0.1) is 23.1 Å². The molecule has 34 heavy (non-hydrogen) atoms. The maximum atomic E-state index is 12.9. The maximum absolute atomic E-state index is 12.9. The van der Waals surface area contributed by atoms with Crippen molar-refractivity contribution in [3.05, 3.63) is 69.5 Å². The SMILES string of the molecule is Cc1nc2ccc(C3=CCN(C(=O)C4CCCCN4)CC3)cc2n1[C@H](C)c1ccc(Cl)cc1Cl. The molecule has 0 spiro atoms. The third kappa shape index (κ3) is 4.49. The number of fused-ring (bicyclic) bond motifs is 1. The Bertz CT molecular complexity index is 1260. The molecule has 0 radical (unpaired) electrons.